The summed E-state index contributed by atoms with van der Waals surface area (Å²) >= 11 is 2.86. The zero-order chi connectivity index (χ0) is 23.6. The molecular weight excluding hydrogens is 460 g/mol. The number of nitrogens with zero attached hydrogens (tertiary/aromatic N) is 3. The summed E-state index contributed by atoms with van der Waals surface area (Å²) in [5.74, 6) is 1.01. The van der Waals surface area contributed by atoms with Crippen molar-refractivity contribution in [3.63, 3.8) is 0 Å². The van der Waals surface area contributed by atoms with E-state index in [-0.39, 0.29) is 17.0 Å². The Bertz CT molecular complexity index is 1380. The Morgan fingerprint density at radius 1 is 1.18 bits per heavy atom. The molecule has 0 bridgehead atoms. The second-order valence-corrected chi connectivity index (χ2v) is 9.79. The molecule has 2 amide bonds. The number of urea groups is 1. The Kier molecular flexibility index (Phi) is 6.34. The summed E-state index contributed by atoms with van der Waals surface area (Å²) in [6.45, 7) is 6.22. The van der Waals surface area contributed by atoms with Crippen LogP contribution >= 0.6 is 23.1 Å². The summed E-state index contributed by atoms with van der Waals surface area (Å²) in [5, 5.41) is 8.14. The van der Waals surface area contributed by atoms with Gasteiger partial charge in [-0.05, 0) is 24.5 Å². The molecule has 4 aromatic rings. The van der Waals surface area contributed by atoms with E-state index < -0.39 is 0 Å². The van der Waals surface area contributed by atoms with Crippen molar-refractivity contribution in [2.45, 2.75) is 31.1 Å². The molecule has 0 spiro atoms. The quantitative estimate of drug-likeness (QED) is 0.333. The Morgan fingerprint density at radius 2 is 2.00 bits per heavy atom. The zero-order valence-electron chi connectivity index (χ0n) is 18.4. The van der Waals surface area contributed by atoms with E-state index in [1.54, 1.807) is 18.2 Å². The molecule has 9 nitrogen and oxygen atoms in total. The van der Waals surface area contributed by atoms with Crippen LogP contribution in [0.1, 0.15) is 26.5 Å². The van der Waals surface area contributed by atoms with Crippen molar-refractivity contribution < 1.29 is 9.53 Å². The first-order chi connectivity index (χ1) is 15.7. The maximum atomic E-state index is 12.5. The number of H-pyrrole nitrogens is 1. The van der Waals surface area contributed by atoms with Crippen LogP contribution in [0.25, 0.3) is 11.2 Å². The van der Waals surface area contributed by atoms with Crippen LogP contribution in [-0.4, -0.2) is 32.2 Å². The molecule has 3 N–H and O–H groups in total. The number of thiazole rings is 1. The maximum absolute atomic E-state index is 12.5. The number of hydrogen-bond donors (Lipinski definition) is 3. The number of nitrogens with one attached hydrogen (secondary N) is 3. The van der Waals surface area contributed by atoms with Crippen LogP contribution in [0, 0.1) is 0 Å². The zero-order valence-corrected chi connectivity index (χ0v) is 20.1. The van der Waals surface area contributed by atoms with Gasteiger partial charge in [0.15, 0.2) is 16.5 Å². The first-order valence-corrected chi connectivity index (χ1v) is 12.1. The van der Waals surface area contributed by atoms with Crippen LogP contribution in [0.2, 0.25) is 0 Å². The molecule has 170 valence electrons. The van der Waals surface area contributed by atoms with Gasteiger partial charge in [-0.15, -0.1) is 23.1 Å². The number of carbonyl (C=O) groups is 1. The molecule has 11 heteroatoms. The molecule has 4 rings (SSSR count). The lowest BCUT2D eigenvalue weighted by atomic mass is 9.93. The fourth-order valence-corrected chi connectivity index (χ4v) is 4.40. The largest absolute Gasteiger partial charge is 0.455 e. The number of hydrogen-bond acceptors (Lipinski definition) is 8. The standard InChI is InChI=1S/C22H22N6O3S2/c1-22(2,3)16-11-33-21(26-16)28-20(30)25-13-6-5-12(9-15(13)32-4)31-14-7-8-23-19-18(14)24-10-17(29)27-19/h5-11H,1-4H3,(H,23,27,29)(H2,25,26,28,30). The van der Waals surface area contributed by atoms with Crippen LogP contribution in [0.15, 0.2) is 51.7 Å². The van der Waals surface area contributed by atoms with Gasteiger partial charge in [-0.1, -0.05) is 20.8 Å². The van der Waals surface area contributed by atoms with E-state index in [9.17, 15) is 9.59 Å². The van der Waals surface area contributed by atoms with Crippen molar-refractivity contribution in [1.29, 1.82) is 0 Å². The lowest BCUT2D eigenvalue weighted by Crippen LogP contribution is -2.20. The summed E-state index contributed by atoms with van der Waals surface area (Å²) in [5.41, 5.74) is 1.94. The average Bonchev–Trinajstić information content (AvgIpc) is 3.23. The lowest BCUT2D eigenvalue weighted by molar-refractivity contribution is 0.262. The molecule has 0 fully saturated rings. The summed E-state index contributed by atoms with van der Waals surface area (Å²) in [6.07, 6.45) is 4.63. The van der Waals surface area contributed by atoms with Crippen molar-refractivity contribution in [3.8, 4) is 11.5 Å². The molecule has 0 aliphatic carbocycles. The summed E-state index contributed by atoms with van der Waals surface area (Å²) < 4.78 is 5.99. The van der Waals surface area contributed by atoms with Crippen LogP contribution < -0.4 is 20.9 Å². The highest BCUT2D eigenvalue weighted by Crippen LogP contribution is 2.33. The average molecular weight is 483 g/mol. The summed E-state index contributed by atoms with van der Waals surface area (Å²) in [7, 11) is 0. The van der Waals surface area contributed by atoms with Gasteiger partial charge in [0.1, 0.15) is 11.3 Å². The monoisotopic (exact) mass is 482 g/mol. The second kappa shape index (κ2) is 9.20. The van der Waals surface area contributed by atoms with Gasteiger partial charge < -0.3 is 15.0 Å². The molecule has 0 aliphatic rings. The number of ether oxygens (including phenoxy) is 1. The van der Waals surface area contributed by atoms with E-state index in [0.717, 1.165) is 10.6 Å². The maximum Gasteiger partial charge on any atom is 0.325 e. The highest BCUT2D eigenvalue weighted by Gasteiger charge is 2.18. The van der Waals surface area contributed by atoms with Crippen LogP contribution in [0.3, 0.4) is 0 Å². The molecule has 0 atom stereocenters. The third kappa shape index (κ3) is 5.32. The third-order valence-electron chi connectivity index (χ3n) is 4.58. The van der Waals surface area contributed by atoms with Crippen molar-refractivity contribution in [2.75, 3.05) is 16.9 Å². The Morgan fingerprint density at radius 3 is 2.73 bits per heavy atom. The van der Waals surface area contributed by atoms with E-state index in [1.165, 1.54) is 35.5 Å². The van der Waals surface area contributed by atoms with Crippen molar-refractivity contribution >= 4 is 51.1 Å². The van der Waals surface area contributed by atoms with E-state index in [1.807, 2.05) is 17.7 Å². The van der Waals surface area contributed by atoms with Crippen LogP contribution in [-0.2, 0) is 5.41 Å². The van der Waals surface area contributed by atoms with Gasteiger partial charge in [-0.3, -0.25) is 10.1 Å². The highest BCUT2D eigenvalue weighted by molar-refractivity contribution is 7.98. The number of aromatic amines is 1. The summed E-state index contributed by atoms with van der Waals surface area (Å²) in [6, 6.07) is 6.63. The molecule has 33 heavy (non-hydrogen) atoms. The van der Waals surface area contributed by atoms with Gasteiger partial charge in [0.05, 0.1) is 17.6 Å². The number of amides is 2. The molecule has 0 saturated heterocycles. The predicted molar refractivity (Wildman–Crippen MR) is 132 cm³/mol. The minimum absolute atomic E-state index is 0.0836. The minimum atomic E-state index is -0.373. The number of fused-ring (bicyclic) bond motifs is 1. The lowest BCUT2D eigenvalue weighted by Gasteiger charge is -2.14. The van der Waals surface area contributed by atoms with Crippen LogP contribution in [0.4, 0.5) is 15.6 Å². The number of anilines is 2. The number of carbonyl (C=O) groups excluding carboxylic acids is 1. The fourth-order valence-electron chi connectivity index (χ4n) is 2.90. The third-order valence-corrected chi connectivity index (χ3v) is 6.12. The molecule has 0 unspecified atom stereocenters. The van der Waals surface area contributed by atoms with Gasteiger partial charge in [0.2, 0.25) is 0 Å². The molecule has 0 radical (unpaired) electrons. The molecule has 0 saturated carbocycles. The van der Waals surface area contributed by atoms with E-state index in [2.05, 4.69) is 51.3 Å². The molecule has 3 heterocycles. The smallest absolute Gasteiger partial charge is 0.325 e. The highest BCUT2D eigenvalue weighted by atomic mass is 32.2. The summed E-state index contributed by atoms with van der Waals surface area (Å²) in [4.78, 5) is 40.2. The van der Waals surface area contributed by atoms with Crippen molar-refractivity contribution in [3.05, 3.63) is 58.1 Å². The van der Waals surface area contributed by atoms with Crippen molar-refractivity contribution in [1.82, 2.24) is 19.9 Å². The predicted octanol–water partition coefficient (Wildman–Crippen LogP) is 5.23. The first-order valence-electron chi connectivity index (χ1n) is 9.97. The van der Waals surface area contributed by atoms with Crippen LogP contribution in [0.5, 0.6) is 11.5 Å². The Hall–Kier alpha value is -3.44. The normalized spacial score (nSPS) is 11.4. The van der Waals surface area contributed by atoms with Gasteiger partial charge in [-0.2, -0.15) is 0 Å². The number of rotatable bonds is 5. The van der Waals surface area contributed by atoms with E-state index >= 15 is 0 Å². The van der Waals surface area contributed by atoms with Gasteiger partial charge in [0.25, 0.3) is 5.56 Å². The SMILES string of the molecule is CSc1cc(Oc2ccnc3[nH]c(=O)cnc23)ccc1NC(=O)Nc1nc(C(C)(C)C)cs1. The molecule has 0 aliphatic heterocycles. The van der Waals surface area contributed by atoms with Gasteiger partial charge in [0, 0.05) is 28.0 Å². The first kappa shape index (κ1) is 22.7. The number of pyridine rings is 1. The topological polar surface area (TPSA) is 122 Å². The van der Waals surface area contributed by atoms with Crippen molar-refractivity contribution in [2.24, 2.45) is 0 Å². The molecule has 1 aromatic carbocycles. The molecule has 3 aromatic heterocycles. The Balaban J connectivity index is 1.50. The van der Waals surface area contributed by atoms with Gasteiger partial charge in [-0.25, -0.2) is 19.7 Å². The molecular formula is C22H22N6O3S2. The second-order valence-electron chi connectivity index (χ2n) is 8.08. The van der Waals surface area contributed by atoms with E-state index in [0.29, 0.717) is 33.5 Å². The Labute approximate surface area is 198 Å². The number of thioether (sulfide) groups is 1. The van der Waals surface area contributed by atoms with E-state index in [4.69, 9.17) is 4.74 Å². The number of benzene rings is 1. The fraction of sp³-hybridized carbons (Fsp3) is 0.227. The number of aromatic nitrogens is 4. The minimum Gasteiger partial charge on any atom is -0.455 e. The van der Waals surface area contributed by atoms with Gasteiger partial charge >= 0.3 is 6.03 Å².